The molecule has 2 bridgehead atoms. The quantitative estimate of drug-likeness (QED) is 0.312. The van der Waals surface area contributed by atoms with Crippen molar-refractivity contribution in [3.05, 3.63) is 89.4 Å². The summed E-state index contributed by atoms with van der Waals surface area (Å²) in [7, 11) is 0. The first kappa shape index (κ1) is 28.6. The number of benzene rings is 3. The zero-order valence-electron chi connectivity index (χ0n) is 23.0. The van der Waals surface area contributed by atoms with Crippen LogP contribution in [0.1, 0.15) is 31.4 Å². The van der Waals surface area contributed by atoms with Gasteiger partial charge in [0.25, 0.3) is 0 Å². The smallest absolute Gasteiger partial charge is 0.248 e. The molecule has 0 saturated carbocycles. The van der Waals surface area contributed by atoms with E-state index >= 15 is 0 Å². The summed E-state index contributed by atoms with van der Waals surface area (Å²) in [4.78, 5) is 44.0. The van der Waals surface area contributed by atoms with E-state index in [9.17, 15) is 19.5 Å². The van der Waals surface area contributed by atoms with E-state index in [1.54, 1.807) is 60.3 Å². The van der Waals surface area contributed by atoms with Gasteiger partial charge >= 0.3 is 0 Å². The number of halogens is 1. The Morgan fingerprint density at radius 2 is 1.76 bits per heavy atom. The zero-order valence-corrected chi connectivity index (χ0v) is 24.6. The number of aliphatic hydroxyl groups excluding tert-OH is 1. The number of fused-ring (bicyclic) bond motifs is 1. The number of amides is 3. The number of aliphatic hydroxyl groups is 1. The van der Waals surface area contributed by atoms with E-state index in [-0.39, 0.29) is 29.6 Å². The lowest BCUT2D eigenvalue weighted by Crippen LogP contribution is -2.52. The number of hydrogen-bond acceptors (Lipinski definition) is 6. The Labute approximate surface area is 253 Å². The molecular formula is C32H32ClN3O5S. The number of para-hydroxylation sites is 1. The highest BCUT2D eigenvalue weighted by atomic mass is 35.5. The lowest BCUT2D eigenvalue weighted by molar-refractivity contribution is -0.141. The van der Waals surface area contributed by atoms with Gasteiger partial charge in [-0.25, -0.2) is 0 Å². The fourth-order valence-electron chi connectivity index (χ4n) is 6.85. The summed E-state index contributed by atoms with van der Waals surface area (Å²) in [6.45, 7) is 2.07. The van der Waals surface area contributed by atoms with Gasteiger partial charge in [-0.15, -0.1) is 11.8 Å². The summed E-state index contributed by atoms with van der Waals surface area (Å²) in [5, 5.41) is 16.8. The van der Waals surface area contributed by atoms with Crippen LogP contribution in [0.15, 0.2) is 78.9 Å². The van der Waals surface area contributed by atoms with Gasteiger partial charge < -0.3 is 25.4 Å². The van der Waals surface area contributed by atoms with Crippen molar-refractivity contribution in [2.75, 3.05) is 23.8 Å². The van der Waals surface area contributed by atoms with Gasteiger partial charge in [0.05, 0.1) is 46.5 Å². The van der Waals surface area contributed by atoms with Crippen LogP contribution in [0, 0.1) is 11.8 Å². The molecule has 3 N–H and O–H groups in total. The molecule has 2 unspecified atom stereocenters. The molecule has 3 heterocycles. The van der Waals surface area contributed by atoms with Gasteiger partial charge in [0.1, 0.15) is 11.8 Å². The van der Waals surface area contributed by atoms with Crippen LogP contribution in [0.4, 0.5) is 11.4 Å². The van der Waals surface area contributed by atoms with Gasteiger partial charge in [-0.3, -0.25) is 14.4 Å². The first-order chi connectivity index (χ1) is 20.4. The number of nitrogens with one attached hydrogen (secondary N) is 2. The topological polar surface area (TPSA) is 108 Å². The second-order valence-electron chi connectivity index (χ2n) is 10.8. The number of ether oxygens (including phenoxy) is 1. The Morgan fingerprint density at radius 1 is 1.05 bits per heavy atom. The first-order valence-corrected chi connectivity index (χ1v) is 15.4. The monoisotopic (exact) mass is 605 g/mol. The third-order valence-corrected chi connectivity index (χ3v) is 10.8. The molecule has 3 aliphatic rings. The van der Waals surface area contributed by atoms with Crippen molar-refractivity contribution in [1.29, 1.82) is 0 Å². The third kappa shape index (κ3) is 4.83. The van der Waals surface area contributed by atoms with Crippen LogP contribution >= 0.6 is 23.4 Å². The Kier molecular flexibility index (Phi) is 7.91. The summed E-state index contributed by atoms with van der Waals surface area (Å²) in [6, 6.07) is 21.6. The van der Waals surface area contributed by atoms with E-state index < -0.39 is 28.7 Å². The summed E-state index contributed by atoms with van der Waals surface area (Å²) in [6.07, 6.45) is 1.31. The van der Waals surface area contributed by atoms with Crippen molar-refractivity contribution >= 4 is 52.5 Å². The molecule has 3 saturated heterocycles. The molecule has 8 nitrogen and oxygen atoms in total. The molecule has 0 radical (unpaired) electrons. The maximum Gasteiger partial charge on any atom is 0.248 e. The number of nitrogens with zero attached hydrogens (tertiary/aromatic N) is 1. The number of anilines is 2. The molecule has 6 rings (SSSR count). The van der Waals surface area contributed by atoms with Crippen LogP contribution in [0.2, 0.25) is 5.02 Å². The van der Waals surface area contributed by atoms with Crippen molar-refractivity contribution in [3.8, 4) is 5.75 Å². The fourth-order valence-corrected chi connectivity index (χ4v) is 9.24. The normalized spacial score (nSPS) is 26.5. The largest absolute Gasteiger partial charge is 0.494 e. The summed E-state index contributed by atoms with van der Waals surface area (Å²) >= 11 is 7.95. The van der Waals surface area contributed by atoms with Crippen molar-refractivity contribution < 1.29 is 24.2 Å². The van der Waals surface area contributed by atoms with Crippen molar-refractivity contribution in [2.24, 2.45) is 11.8 Å². The van der Waals surface area contributed by atoms with Crippen molar-refractivity contribution in [3.63, 3.8) is 0 Å². The fraction of sp³-hybridized carbons (Fsp3) is 0.344. The van der Waals surface area contributed by atoms with E-state index in [0.29, 0.717) is 41.6 Å². The van der Waals surface area contributed by atoms with E-state index in [1.165, 1.54) is 4.90 Å². The molecule has 3 aliphatic heterocycles. The van der Waals surface area contributed by atoms with Gasteiger partial charge in [-0.05, 0) is 61.7 Å². The maximum absolute atomic E-state index is 14.5. The molecule has 218 valence electrons. The van der Waals surface area contributed by atoms with Crippen LogP contribution in [-0.2, 0) is 14.4 Å². The standard InChI is InChI=1S/C32H32ClN3O5S/c1-2-41-21-14-12-20(13-15-21)34-29(38)26-25-16-17-32(42-25)27(26)31(40)36(24(18-37)19-8-4-3-5-9-19)28(32)30(39)35-23-11-7-6-10-22(23)33/h3-15,24-28,37H,2,16-18H2,1H3,(H,34,38)(H,35,39)/t24-,25+,26-,27+,28?,32?/m1/s1. The average Bonchev–Trinajstić information content (AvgIpc) is 3.64. The molecule has 3 amide bonds. The lowest BCUT2D eigenvalue weighted by Gasteiger charge is -2.37. The van der Waals surface area contributed by atoms with E-state index in [0.717, 1.165) is 5.56 Å². The summed E-state index contributed by atoms with van der Waals surface area (Å²) in [5.41, 5.74) is 1.77. The highest BCUT2D eigenvalue weighted by molar-refractivity contribution is 8.02. The first-order valence-electron chi connectivity index (χ1n) is 14.1. The Balaban J connectivity index is 1.36. The maximum atomic E-state index is 14.5. The van der Waals surface area contributed by atoms with Gasteiger partial charge in [0.2, 0.25) is 17.7 Å². The Morgan fingerprint density at radius 3 is 2.45 bits per heavy atom. The lowest BCUT2D eigenvalue weighted by atomic mass is 9.70. The van der Waals surface area contributed by atoms with E-state index in [2.05, 4.69) is 10.6 Å². The number of likely N-dealkylation sites (tertiary alicyclic amines) is 1. The molecule has 6 atom stereocenters. The third-order valence-electron chi connectivity index (χ3n) is 8.55. The minimum Gasteiger partial charge on any atom is -0.494 e. The molecule has 10 heteroatoms. The molecule has 42 heavy (non-hydrogen) atoms. The molecule has 1 spiro atoms. The zero-order chi connectivity index (χ0) is 29.4. The molecular weight excluding hydrogens is 574 g/mol. The second kappa shape index (κ2) is 11.6. The highest BCUT2D eigenvalue weighted by Gasteiger charge is 2.74. The molecule has 3 fully saturated rings. The molecule has 0 aromatic heterocycles. The summed E-state index contributed by atoms with van der Waals surface area (Å²) in [5.74, 6) is -1.56. The SMILES string of the molecule is CCOc1ccc(NC(=O)[C@@H]2[C@@H]3CCC4(S3)C(C(=O)Nc3ccccc3Cl)N([C@H](CO)c3ccccc3)C(=O)[C@H]24)cc1. The molecule has 3 aromatic carbocycles. The minimum absolute atomic E-state index is 0.108. The number of rotatable bonds is 9. The Bertz CT molecular complexity index is 1490. The van der Waals surface area contributed by atoms with Gasteiger partial charge in [0.15, 0.2) is 0 Å². The van der Waals surface area contributed by atoms with Gasteiger partial charge in [0, 0.05) is 10.9 Å². The predicted molar refractivity (Wildman–Crippen MR) is 164 cm³/mol. The van der Waals surface area contributed by atoms with Gasteiger partial charge in [-0.1, -0.05) is 54.1 Å². The Hall–Kier alpha value is -3.53. The number of carbonyl (C=O) groups is 3. The second-order valence-corrected chi connectivity index (χ2v) is 12.8. The number of hydrogen-bond donors (Lipinski definition) is 3. The van der Waals surface area contributed by atoms with Crippen LogP contribution in [-0.4, -0.2) is 57.0 Å². The van der Waals surface area contributed by atoms with Crippen molar-refractivity contribution in [1.82, 2.24) is 4.90 Å². The minimum atomic E-state index is -0.915. The highest BCUT2D eigenvalue weighted by Crippen LogP contribution is 2.67. The van der Waals surface area contributed by atoms with Crippen LogP contribution in [0.5, 0.6) is 5.75 Å². The molecule has 3 aromatic rings. The van der Waals surface area contributed by atoms with Crippen LogP contribution in [0.25, 0.3) is 0 Å². The van der Waals surface area contributed by atoms with E-state index in [4.69, 9.17) is 16.3 Å². The predicted octanol–water partition coefficient (Wildman–Crippen LogP) is 5.14. The summed E-state index contributed by atoms with van der Waals surface area (Å²) < 4.78 is 4.69. The average molecular weight is 606 g/mol. The van der Waals surface area contributed by atoms with Crippen molar-refractivity contribution in [2.45, 2.75) is 41.8 Å². The number of thioether (sulfide) groups is 1. The van der Waals surface area contributed by atoms with E-state index in [1.807, 2.05) is 37.3 Å². The number of carbonyl (C=O) groups excluding carboxylic acids is 3. The van der Waals surface area contributed by atoms with Crippen LogP contribution < -0.4 is 15.4 Å². The van der Waals surface area contributed by atoms with Crippen LogP contribution in [0.3, 0.4) is 0 Å². The van der Waals surface area contributed by atoms with Gasteiger partial charge in [-0.2, -0.15) is 0 Å². The molecule has 0 aliphatic carbocycles.